The maximum atomic E-state index is 12.8. The van der Waals surface area contributed by atoms with Crippen LogP contribution in [0.2, 0.25) is 0 Å². The van der Waals surface area contributed by atoms with Crippen LogP contribution in [0.3, 0.4) is 0 Å². The van der Waals surface area contributed by atoms with E-state index in [2.05, 4.69) is 0 Å². The number of hydrogen-bond acceptors (Lipinski definition) is 0. The van der Waals surface area contributed by atoms with E-state index < -0.39 is 0 Å². The lowest BCUT2D eigenvalue weighted by atomic mass is 10.2. The summed E-state index contributed by atoms with van der Waals surface area (Å²) in [7, 11) is 0. The van der Waals surface area contributed by atoms with Gasteiger partial charge in [-0.3, -0.25) is 0 Å². The van der Waals surface area contributed by atoms with E-state index in [4.69, 9.17) is 11.6 Å². The quantitative estimate of drug-likeness (QED) is 0.508. The molecule has 10 heavy (non-hydrogen) atoms. The van der Waals surface area contributed by atoms with Crippen molar-refractivity contribution in [3.05, 3.63) is 34.7 Å². The lowest BCUT2D eigenvalue weighted by molar-refractivity contribution is 0.658. The minimum Gasteiger partial charge on any atom is -0.207 e. The van der Waals surface area contributed by atoms with E-state index in [1.54, 1.807) is 19.1 Å². The van der Waals surface area contributed by atoms with Gasteiger partial charge < -0.3 is 0 Å². The van der Waals surface area contributed by atoms with Gasteiger partial charge in [-0.05, 0) is 19.4 Å². The van der Waals surface area contributed by atoms with E-state index in [1.807, 2.05) is 0 Å². The van der Waals surface area contributed by atoms with Crippen molar-refractivity contribution >= 4 is 11.6 Å². The van der Waals surface area contributed by atoms with Gasteiger partial charge in [0.25, 0.3) is 0 Å². The largest absolute Gasteiger partial charge is 0.207 e. The van der Waals surface area contributed by atoms with Crippen molar-refractivity contribution in [1.82, 2.24) is 0 Å². The predicted molar refractivity (Wildman–Crippen MR) is 41.5 cm³/mol. The Kier molecular flexibility index (Phi) is 2.28. The molecule has 0 N–H and O–H groups in total. The van der Waals surface area contributed by atoms with Crippen LogP contribution in [0.5, 0.6) is 0 Å². The zero-order valence-electron chi connectivity index (χ0n) is 5.70. The molecule has 0 atom stereocenters. The highest BCUT2D eigenvalue weighted by Crippen LogP contribution is 2.23. The average molecular weight is 159 g/mol. The zero-order chi connectivity index (χ0) is 7.56. The van der Waals surface area contributed by atoms with Gasteiger partial charge in [-0.15, -0.1) is 0 Å². The highest BCUT2D eigenvalue weighted by molar-refractivity contribution is 6.32. The average Bonchev–Trinajstić information content (AvgIpc) is 2.04. The lowest BCUT2D eigenvalue weighted by Gasteiger charge is -1.95. The molecule has 0 aliphatic heterocycles. The van der Waals surface area contributed by atoms with E-state index in [0.29, 0.717) is 17.0 Å². The van der Waals surface area contributed by atoms with Crippen LogP contribution in [0.15, 0.2) is 34.7 Å². The molecule has 0 saturated carbocycles. The van der Waals surface area contributed by atoms with Gasteiger partial charge in [-0.2, -0.15) is 0 Å². The fraction of sp³-hybridized carbons (Fsp3) is 0.250. The third-order valence-corrected chi connectivity index (χ3v) is 1.85. The second-order valence-electron chi connectivity index (χ2n) is 2.16. The second-order valence-corrected chi connectivity index (χ2v) is 2.57. The number of rotatable bonds is 0. The summed E-state index contributed by atoms with van der Waals surface area (Å²) in [5.41, 5.74) is 0.524. The van der Waals surface area contributed by atoms with Gasteiger partial charge in [0.15, 0.2) is 0 Å². The van der Waals surface area contributed by atoms with Crippen molar-refractivity contribution in [2.45, 2.75) is 13.3 Å². The molecule has 0 saturated heterocycles. The highest BCUT2D eigenvalue weighted by Gasteiger charge is 2.03. The van der Waals surface area contributed by atoms with Crippen LogP contribution in [0, 0.1) is 0 Å². The Morgan fingerprint density at radius 3 is 3.00 bits per heavy atom. The maximum absolute atomic E-state index is 12.8. The molecule has 0 aromatic rings. The first-order valence-electron chi connectivity index (χ1n) is 3.11. The van der Waals surface area contributed by atoms with Crippen LogP contribution in [-0.4, -0.2) is 0 Å². The van der Waals surface area contributed by atoms with Gasteiger partial charge >= 0.3 is 0 Å². The van der Waals surface area contributed by atoms with Gasteiger partial charge in [0.2, 0.25) is 0 Å². The molecule has 0 spiro atoms. The van der Waals surface area contributed by atoms with E-state index >= 15 is 0 Å². The van der Waals surface area contributed by atoms with Gasteiger partial charge in [0, 0.05) is 10.6 Å². The first-order chi connectivity index (χ1) is 4.72. The van der Waals surface area contributed by atoms with Crippen molar-refractivity contribution in [2.75, 3.05) is 0 Å². The minimum absolute atomic E-state index is 0.237. The van der Waals surface area contributed by atoms with Crippen LogP contribution in [0.4, 0.5) is 4.39 Å². The lowest BCUT2D eigenvalue weighted by Crippen LogP contribution is -1.77. The van der Waals surface area contributed by atoms with Crippen molar-refractivity contribution in [2.24, 2.45) is 0 Å². The molecule has 1 aliphatic rings. The van der Waals surface area contributed by atoms with Gasteiger partial charge in [-0.1, -0.05) is 23.8 Å². The summed E-state index contributed by atoms with van der Waals surface area (Å²) < 4.78 is 12.8. The van der Waals surface area contributed by atoms with Crippen LogP contribution >= 0.6 is 11.6 Å². The van der Waals surface area contributed by atoms with Gasteiger partial charge in [0.1, 0.15) is 5.83 Å². The molecule has 0 amide bonds. The Bertz CT molecular complexity index is 223. The van der Waals surface area contributed by atoms with Crippen molar-refractivity contribution in [1.29, 1.82) is 0 Å². The van der Waals surface area contributed by atoms with E-state index in [-0.39, 0.29) is 5.83 Å². The van der Waals surface area contributed by atoms with Gasteiger partial charge in [-0.25, -0.2) is 4.39 Å². The summed E-state index contributed by atoms with van der Waals surface area (Å²) in [6, 6.07) is 0. The Hall–Kier alpha value is -0.560. The Morgan fingerprint density at radius 2 is 2.30 bits per heavy atom. The van der Waals surface area contributed by atoms with Crippen molar-refractivity contribution < 1.29 is 4.39 Å². The predicted octanol–water partition coefficient (Wildman–Crippen LogP) is 3.31. The fourth-order valence-electron chi connectivity index (χ4n) is 0.735. The molecule has 0 fully saturated rings. The molecule has 0 bridgehead atoms. The molecule has 1 rings (SSSR count). The summed E-state index contributed by atoms with van der Waals surface area (Å²) in [4.78, 5) is 0. The molecule has 0 aromatic carbocycles. The Balaban J connectivity index is 3.02. The highest BCUT2D eigenvalue weighted by atomic mass is 35.5. The van der Waals surface area contributed by atoms with E-state index in [1.165, 1.54) is 6.08 Å². The zero-order valence-corrected chi connectivity index (χ0v) is 6.45. The second kappa shape index (κ2) is 3.02. The minimum atomic E-state index is -0.237. The standard InChI is InChI=1S/C8H8ClF/c1-6-7(9)4-2-3-5-8(6)10/h3-5H,2H2,1H3. The smallest absolute Gasteiger partial charge is 0.127 e. The molecular formula is C8H8ClF. The first kappa shape index (κ1) is 7.55. The number of allylic oxidation sites excluding steroid dienone is 6. The van der Waals surface area contributed by atoms with E-state index in [0.717, 1.165) is 0 Å². The van der Waals surface area contributed by atoms with Crippen LogP contribution in [-0.2, 0) is 0 Å². The topological polar surface area (TPSA) is 0 Å². The summed E-state index contributed by atoms with van der Waals surface area (Å²) >= 11 is 5.69. The molecule has 0 nitrogen and oxygen atoms in total. The molecule has 1 aliphatic carbocycles. The molecule has 0 heterocycles. The van der Waals surface area contributed by atoms with Crippen LogP contribution in [0.1, 0.15) is 13.3 Å². The molecule has 0 aromatic heterocycles. The molecular weight excluding hydrogens is 151 g/mol. The van der Waals surface area contributed by atoms with Crippen molar-refractivity contribution in [3.8, 4) is 0 Å². The third kappa shape index (κ3) is 1.48. The SMILES string of the molecule is CC1=C(F)C=CCC=C1Cl. The summed E-state index contributed by atoms with van der Waals surface area (Å²) in [5, 5.41) is 0.516. The number of halogens is 2. The van der Waals surface area contributed by atoms with E-state index in [9.17, 15) is 4.39 Å². The molecule has 0 radical (unpaired) electrons. The summed E-state index contributed by atoms with van der Waals surface area (Å²) in [6.45, 7) is 1.67. The first-order valence-corrected chi connectivity index (χ1v) is 3.48. The Morgan fingerprint density at radius 1 is 1.60 bits per heavy atom. The van der Waals surface area contributed by atoms with Crippen molar-refractivity contribution in [3.63, 3.8) is 0 Å². The molecule has 0 unspecified atom stereocenters. The van der Waals surface area contributed by atoms with Crippen LogP contribution in [0.25, 0.3) is 0 Å². The fourth-order valence-corrected chi connectivity index (χ4v) is 0.915. The summed E-state index contributed by atoms with van der Waals surface area (Å²) in [5.74, 6) is -0.237. The summed E-state index contributed by atoms with van der Waals surface area (Å²) in [6.07, 6.45) is 5.69. The molecule has 2 heteroatoms. The monoisotopic (exact) mass is 158 g/mol. The third-order valence-electron chi connectivity index (χ3n) is 1.41. The Labute approximate surface area is 64.7 Å². The number of hydrogen-bond donors (Lipinski definition) is 0. The maximum Gasteiger partial charge on any atom is 0.127 e. The van der Waals surface area contributed by atoms with Gasteiger partial charge in [0.05, 0.1) is 0 Å². The normalized spacial score (nSPS) is 18.9. The molecule has 54 valence electrons. The van der Waals surface area contributed by atoms with Crippen LogP contribution < -0.4 is 0 Å².